The zero-order chi connectivity index (χ0) is 27.4. The normalized spacial score (nSPS) is 16.6. The molecule has 9 heteroatoms. The molecule has 3 aromatic carbocycles. The lowest BCUT2D eigenvalue weighted by molar-refractivity contribution is 0.102. The molecule has 1 N–H and O–H groups in total. The maximum absolute atomic E-state index is 13.4. The van der Waals surface area contributed by atoms with Crippen molar-refractivity contribution in [3.8, 4) is 10.6 Å². The van der Waals surface area contributed by atoms with Crippen LogP contribution in [0.4, 0.5) is 10.7 Å². The fourth-order valence-electron chi connectivity index (χ4n) is 5.68. The number of thiazole rings is 1. The fourth-order valence-corrected chi connectivity index (χ4v) is 9.70. The molecule has 0 bridgehead atoms. The molecule has 40 heavy (non-hydrogen) atoms. The number of aromatic nitrogens is 1. The van der Waals surface area contributed by atoms with Crippen molar-refractivity contribution in [2.75, 3.05) is 16.2 Å². The zero-order valence-electron chi connectivity index (χ0n) is 21.9. The molecule has 202 valence electrons. The highest BCUT2D eigenvalue weighted by Gasteiger charge is 2.31. The van der Waals surface area contributed by atoms with E-state index in [0.29, 0.717) is 24.4 Å². The third-order valence-corrected chi connectivity index (χ3v) is 11.8. The summed E-state index contributed by atoms with van der Waals surface area (Å²) in [5, 5.41) is 4.89. The van der Waals surface area contributed by atoms with Gasteiger partial charge < -0.3 is 5.32 Å². The van der Waals surface area contributed by atoms with E-state index in [9.17, 15) is 13.2 Å². The van der Waals surface area contributed by atoms with Gasteiger partial charge in [-0.25, -0.2) is 13.4 Å². The fraction of sp³-hybridized carbons (Fsp3) is 0.226. The number of amides is 1. The van der Waals surface area contributed by atoms with Crippen molar-refractivity contribution in [1.82, 2.24) is 4.98 Å². The largest absolute Gasteiger partial charge is 0.313 e. The number of hydrogen-bond acceptors (Lipinski definition) is 6. The number of para-hydroxylation sites is 2. The average Bonchev–Trinajstić information content (AvgIpc) is 3.67. The molecule has 1 unspecified atom stereocenters. The molecule has 6 nitrogen and oxygen atoms in total. The van der Waals surface area contributed by atoms with Gasteiger partial charge in [-0.15, -0.1) is 22.7 Å². The molecule has 7 rings (SSSR count). The number of sulfonamides is 1. The van der Waals surface area contributed by atoms with E-state index in [0.717, 1.165) is 56.3 Å². The van der Waals surface area contributed by atoms with Gasteiger partial charge in [0.25, 0.3) is 15.9 Å². The number of carbonyl (C=O) groups is 1. The summed E-state index contributed by atoms with van der Waals surface area (Å²) in [6, 6.07) is 21.9. The van der Waals surface area contributed by atoms with Crippen molar-refractivity contribution in [2.45, 2.75) is 37.5 Å². The molecule has 1 aliphatic heterocycles. The summed E-state index contributed by atoms with van der Waals surface area (Å²) < 4.78 is 29.4. The number of hydrogen-bond donors (Lipinski definition) is 1. The second-order valence-corrected chi connectivity index (χ2v) is 14.5. The summed E-state index contributed by atoms with van der Waals surface area (Å²) in [5.74, 6) is 0.347. The van der Waals surface area contributed by atoms with Gasteiger partial charge in [-0.3, -0.25) is 9.10 Å². The maximum Gasteiger partial charge on any atom is 0.264 e. The maximum atomic E-state index is 13.4. The minimum atomic E-state index is -3.72. The quantitative estimate of drug-likeness (QED) is 0.238. The summed E-state index contributed by atoms with van der Waals surface area (Å²) in [7, 11) is -3.72. The molecule has 1 amide bonds. The van der Waals surface area contributed by atoms with Gasteiger partial charge in [0.1, 0.15) is 10.0 Å². The summed E-state index contributed by atoms with van der Waals surface area (Å²) in [6.07, 6.45) is 3.78. The Labute approximate surface area is 241 Å². The highest BCUT2D eigenvalue weighted by molar-refractivity contribution is 7.92. The van der Waals surface area contributed by atoms with Gasteiger partial charge in [-0.2, -0.15) is 0 Å². The third kappa shape index (κ3) is 4.33. The van der Waals surface area contributed by atoms with Crippen molar-refractivity contribution in [2.24, 2.45) is 5.92 Å². The molecule has 0 saturated heterocycles. The second-order valence-electron chi connectivity index (χ2n) is 10.5. The van der Waals surface area contributed by atoms with Crippen molar-refractivity contribution in [1.29, 1.82) is 0 Å². The van der Waals surface area contributed by atoms with Crippen LogP contribution in [0.15, 0.2) is 77.7 Å². The first-order chi connectivity index (χ1) is 19.4. The van der Waals surface area contributed by atoms with Crippen LogP contribution in [0.3, 0.4) is 0 Å². The van der Waals surface area contributed by atoms with Crippen LogP contribution < -0.4 is 9.62 Å². The van der Waals surface area contributed by atoms with Gasteiger partial charge in [0.15, 0.2) is 0 Å². The first-order valence-electron chi connectivity index (χ1n) is 13.4. The first kappa shape index (κ1) is 25.4. The average molecular weight is 586 g/mol. The molecule has 1 atom stereocenters. The Balaban J connectivity index is 1.18. The second kappa shape index (κ2) is 9.83. The molecule has 0 spiro atoms. The van der Waals surface area contributed by atoms with E-state index in [-0.39, 0.29) is 10.8 Å². The Morgan fingerprint density at radius 1 is 0.975 bits per heavy atom. The zero-order valence-corrected chi connectivity index (χ0v) is 24.3. The minimum Gasteiger partial charge on any atom is -0.313 e. The molecule has 0 fully saturated rings. The van der Waals surface area contributed by atoms with Crippen LogP contribution in [0.5, 0.6) is 0 Å². The van der Waals surface area contributed by atoms with Gasteiger partial charge in [0.2, 0.25) is 0 Å². The lowest BCUT2D eigenvalue weighted by Gasteiger charge is -2.19. The van der Waals surface area contributed by atoms with E-state index < -0.39 is 10.0 Å². The smallest absolute Gasteiger partial charge is 0.264 e. The van der Waals surface area contributed by atoms with E-state index in [1.165, 1.54) is 26.9 Å². The predicted molar refractivity (Wildman–Crippen MR) is 163 cm³/mol. The van der Waals surface area contributed by atoms with Crippen LogP contribution in [-0.4, -0.2) is 25.9 Å². The molecular weight excluding hydrogens is 559 g/mol. The molecule has 0 saturated carbocycles. The topological polar surface area (TPSA) is 79.4 Å². The standard InChI is InChI=1S/C31H27N3O3S3/c1-19-10-15-23-27(18-19)39-31(28(23)30-32-24-7-3-5-9-26(24)38-30)33-29(35)21-11-13-22(14-12-21)40(36,37)34-17-16-20-6-2-4-8-25(20)34/h2-9,11-14,19H,10,15-18H2,1H3,(H,33,35). The molecule has 1 aliphatic carbocycles. The third-order valence-electron chi connectivity index (χ3n) is 7.80. The number of nitrogens with zero attached hydrogens (tertiary/aromatic N) is 2. The number of rotatable bonds is 5. The van der Waals surface area contributed by atoms with Gasteiger partial charge >= 0.3 is 0 Å². The van der Waals surface area contributed by atoms with Crippen molar-refractivity contribution >= 4 is 59.5 Å². The molecule has 2 aromatic heterocycles. The Kier molecular flexibility index (Phi) is 6.25. The van der Waals surface area contributed by atoms with E-state index in [2.05, 4.69) is 18.3 Å². The number of thiophene rings is 1. The van der Waals surface area contributed by atoms with Crippen LogP contribution in [0.1, 0.15) is 39.7 Å². The van der Waals surface area contributed by atoms with Crippen molar-refractivity contribution in [3.63, 3.8) is 0 Å². The molecule has 2 aliphatic rings. The first-order valence-corrected chi connectivity index (χ1v) is 16.5. The summed E-state index contributed by atoms with van der Waals surface area (Å²) in [4.78, 5) is 19.9. The lowest BCUT2D eigenvalue weighted by Crippen LogP contribution is -2.29. The Hall–Kier alpha value is -3.53. The highest BCUT2D eigenvalue weighted by atomic mass is 32.2. The Bertz CT molecular complexity index is 1840. The van der Waals surface area contributed by atoms with Crippen LogP contribution >= 0.6 is 22.7 Å². The van der Waals surface area contributed by atoms with Crippen molar-refractivity contribution < 1.29 is 13.2 Å². The summed E-state index contributed by atoms with van der Waals surface area (Å²) >= 11 is 3.29. The molecular formula is C31H27N3O3S3. The number of nitrogens with one attached hydrogen (secondary N) is 1. The lowest BCUT2D eigenvalue weighted by atomic mass is 9.88. The monoisotopic (exact) mass is 585 g/mol. The van der Waals surface area contributed by atoms with Crippen LogP contribution in [0.25, 0.3) is 20.8 Å². The van der Waals surface area contributed by atoms with Gasteiger partial charge in [-0.1, -0.05) is 37.3 Å². The highest BCUT2D eigenvalue weighted by Crippen LogP contribution is 2.47. The van der Waals surface area contributed by atoms with Gasteiger partial charge in [-0.05, 0) is 85.2 Å². The van der Waals surface area contributed by atoms with Crippen molar-refractivity contribution in [3.05, 3.63) is 94.4 Å². The summed E-state index contributed by atoms with van der Waals surface area (Å²) in [6.45, 7) is 2.69. The Morgan fingerprint density at radius 3 is 2.58 bits per heavy atom. The minimum absolute atomic E-state index is 0.177. The van der Waals surface area contributed by atoms with E-state index in [1.54, 1.807) is 34.8 Å². The molecule has 0 radical (unpaired) electrons. The number of anilines is 2. The van der Waals surface area contributed by atoms with Crippen LogP contribution in [0, 0.1) is 5.92 Å². The van der Waals surface area contributed by atoms with Gasteiger partial charge in [0.05, 0.1) is 20.8 Å². The Morgan fingerprint density at radius 2 is 1.75 bits per heavy atom. The SMILES string of the molecule is CC1CCc2c(sc(NC(=O)c3ccc(S(=O)(=O)N4CCc5ccccc54)cc3)c2-c2nc3ccccc3s2)C1. The number of fused-ring (bicyclic) bond motifs is 3. The van der Waals surface area contributed by atoms with E-state index >= 15 is 0 Å². The summed E-state index contributed by atoms with van der Waals surface area (Å²) in [5.41, 5.74) is 5.46. The van der Waals surface area contributed by atoms with E-state index in [1.807, 2.05) is 42.5 Å². The van der Waals surface area contributed by atoms with E-state index in [4.69, 9.17) is 4.98 Å². The van der Waals surface area contributed by atoms with Crippen LogP contribution in [-0.2, 0) is 29.3 Å². The van der Waals surface area contributed by atoms with Gasteiger partial charge in [0, 0.05) is 22.5 Å². The predicted octanol–water partition coefficient (Wildman–Crippen LogP) is 7.15. The molecule has 5 aromatic rings. The number of benzene rings is 3. The molecule has 3 heterocycles. The number of carbonyl (C=O) groups excluding carboxylic acids is 1. The van der Waals surface area contributed by atoms with Crippen LogP contribution in [0.2, 0.25) is 0 Å².